The zero-order chi connectivity index (χ0) is 18.0. The van der Waals surface area contributed by atoms with E-state index in [4.69, 9.17) is 9.72 Å². The number of aromatic nitrogens is 1. The van der Waals surface area contributed by atoms with Crippen LogP contribution in [-0.2, 0) is 11.3 Å². The van der Waals surface area contributed by atoms with Gasteiger partial charge in [0.1, 0.15) is 0 Å². The van der Waals surface area contributed by atoms with Crippen molar-refractivity contribution in [3.63, 3.8) is 0 Å². The molecule has 3 aliphatic rings. The normalized spacial score (nSPS) is 26.2. The molecule has 0 radical (unpaired) electrons. The van der Waals surface area contributed by atoms with Gasteiger partial charge in [-0.15, -0.1) is 0 Å². The van der Waals surface area contributed by atoms with Crippen molar-refractivity contribution in [2.75, 3.05) is 50.8 Å². The Bertz CT molecular complexity index is 579. The minimum Gasteiger partial charge on any atom is -0.371 e. The highest BCUT2D eigenvalue weighted by Crippen LogP contribution is 2.31. The maximum absolute atomic E-state index is 6.19. The van der Waals surface area contributed by atoms with E-state index in [2.05, 4.69) is 47.3 Å². The molecule has 0 amide bonds. The number of anilines is 1. The maximum atomic E-state index is 6.19. The second kappa shape index (κ2) is 7.45. The molecule has 4 heterocycles. The molecule has 0 bridgehead atoms. The van der Waals surface area contributed by atoms with Crippen molar-refractivity contribution in [3.8, 4) is 0 Å². The number of hydrogen-bond acceptors (Lipinski definition) is 5. The molecule has 0 aliphatic carbocycles. The van der Waals surface area contributed by atoms with E-state index in [1.165, 1.54) is 37.3 Å². The van der Waals surface area contributed by atoms with Crippen molar-refractivity contribution in [2.24, 2.45) is 5.41 Å². The van der Waals surface area contributed by atoms with Crippen molar-refractivity contribution in [3.05, 3.63) is 24.0 Å². The summed E-state index contributed by atoms with van der Waals surface area (Å²) in [4.78, 5) is 9.80. The van der Waals surface area contributed by atoms with E-state index in [0.717, 1.165) is 52.2 Å². The van der Waals surface area contributed by atoms with Gasteiger partial charge in [-0.25, -0.2) is 0 Å². The largest absolute Gasteiger partial charge is 0.371 e. The molecular formula is C21H34N4O. The number of likely N-dealkylation sites (tertiary alicyclic amines) is 1. The number of pyridine rings is 1. The van der Waals surface area contributed by atoms with Crippen molar-refractivity contribution in [1.82, 2.24) is 15.2 Å². The van der Waals surface area contributed by atoms with Crippen LogP contribution in [0.5, 0.6) is 0 Å². The molecule has 0 saturated carbocycles. The molecule has 3 saturated heterocycles. The number of rotatable bonds is 3. The van der Waals surface area contributed by atoms with Gasteiger partial charge in [0.2, 0.25) is 0 Å². The van der Waals surface area contributed by atoms with E-state index in [1.807, 2.05) is 0 Å². The molecule has 4 rings (SSSR count). The minimum absolute atomic E-state index is 0.0444. The monoisotopic (exact) mass is 358 g/mol. The standard InChI is InChI=1S/C21H34N4O/c1-20(2)7-11-24(12-8-20)16-18-3-4-19(15-23-18)25-13-14-26-21(17-25)5-9-22-10-6-21/h3-4,15,22H,5-14,16-17H2,1-2H3. The van der Waals surface area contributed by atoms with Crippen LogP contribution in [0.4, 0.5) is 5.69 Å². The SMILES string of the molecule is CC1(C)CCN(Cc2ccc(N3CCOC4(CCNCC4)C3)cn2)CC1. The Hall–Kier alpha value is -1.17. The molecule has 5 heteroatoms. The maximum Gasteiger partial charge on any atom is 0.0881 e. The third-order valence-corrected chi connectivity index (χ3v) is 6.53. The summed E-state index contributed by atoms with van der Waals surface area (Å²) in [5.41, 5.74) is 2.99. The van der Waals surface area contributed by atoms with Crippen LogP contribution in [0.3, 0.4) is 0 Å². The first-order valence-corrected chi connectivity index (χ1v) is 10.3. The van der Waals surface area contributed by atoms with Crippen LogP contribution < -0.4 is 10.2 Å². The fourth-order valence-corrected chi connectivity index (χ4v) is 4.49. The molecule has 0 aromatic carbocycles. The number of nitrogens with one attached hydrogen (secondary N) is 1. The minimum atomic E-state index is 0.0444. The Morgan fingerprint density at radius 1 is 1.08 bits per heavy atom. The van der Waals surface area contributed by atoms with Gasteiger partial charge in [-0.2, -0.15) is 0 Å². The van der Waals surface area contributed by atoms with E-state index in [1.54, 1.807) is 0 Å². The quantitative estimate of drug-likeness (QED) is 0.900. The van der Waals surface area contributed by atoms with Crippen LogP contribution in [-0.4, -0.2) is 61.4 Å². The molecule has 0 atom stereocenters. The molecule has 1 aromatic heterocycles. The van der Waals surface area contributed by atoms with E-state index in [9.17, 15) is 0 Å². The summed E-state index contributed by atoms with van der Waals surface area (Å²) in [6.07, 6.45) is 6.87. The average Bonchev–Trinajstić information content (AvgIpc) is 2.65. The predicted octanol–water partition coefficient (Wildman–Crippen LogP) is 2.66. The summed E-state index contributed by atoms with van der Waals surface area (Å²) in [6, 6.07) is 4.48. The van der Waals surface area contributed by atoms with Crippen LogP contribution in [0.2, 0.25) is 0 Å². The molecule has 1 N–H and O–H groups in total. The van der Waals surface area contributed by atoms with E-state index < -0.39 is 0 Å². The lowest BCUT2D eigenvalue weighted by Crippen LogP contribution is -2.56. The Morgan fingerprint density at radius 2 is 1.85 bits per heavy atom. The van der Waals surface area contributed by atoms with E-state index >= 15 is 0 Å². The van der Waals surface area contributed by atoms with E-state index in [-0.39, 0.29) is 5.60 Å². The molecule has 3 fully saturated rings. The first-order valence-electron chi connectivity index (χ1n) is 10.3. The smallest absolute Gasteiger partial charge is 0.0881 e. The molecule has 26 heavy (non-hydrogen) atoms. The van der Waals surface area contributed by atoms with Gasteiger partial charge < -0.3 is 15.0 Å². The highest BCUT2D eigenvalue weighted by molar-refractivity contribution is 5.45. The molecule has 0 unspecified atom stereocenters. The summed E-state index contributed by atoms with van der Waals surface area (Å²) in [5.74, 6) is 0. The van der Waals surface area contributed by atoms with Gasteiger partial charge in [0, 0.05) is 19.6 Å². The van der Waals surface area contributed by atoms with Gasteiger partial charge in [-0.3, -0.25) is 9.88 Å². The van der Waals surface area contributed by atoms with Crippen molar-refractivity contribution >= 4 is 5.69 Å². The lowest BCUT2D eigenvalue weighted by molar-refractivity contribution is -0.0738. The van der Waals surface area contributed by atoms with Crippen molar-refractivity contribution < 1.29 is 4.74 Å². The van der Waals surface area contributed by atoms with Gasteiger partial charge in [0.05, 0.1) is 29.8 Å². The predicted molar refractivity (Wildman–Crippen MR) is 106 cm³/mol. The summed E-state index contributed by atoms with van der Waals surface area (Å²) in [5, 5.41) is 3.45. The molecule has 1 aromatic rings. The average molecular weight is 359 g/mol. The lowest BCUT2D eigenvalue weighted by atomic mass is 9.83. The van der Waals surface area contributed by atoms with Crippen LogP contribution in [0, 0.1) is 5.41 Å². The number of morpholine rings is 1. The number of piperidine rings is 2. The highest BCUT2D eigenvalue weighted by atomic mass is 16.5. The highest BCUT2D eigenvalue weighted by Gasteiger charge is 2.38. The fourth-order valence-electron chi connectivity index (χ4n) is 4.49. The van der Waals surface area contributed by atoms with Crippen molar-refractivity contribution in [1.29, 1.82) is 0 Å². The fraction of sp³-hybridized carbons (Fsp3) is 0.762. The third-order valence-electron chi connectivity index (χ3n) is 6.53. The van der Waals surface area contributed by atoms with Crippen LogP contribution in [0.25, 0.3) is 0 Å². The van der Waals surface area contributed by atoms with Crippen LogP contribution >= 0.6 is 0 Å². The molecule has 5 nitrogen and oxygen atoms in total. The topological polar surface area (TPSA) is 40.6 Å². The van der Waals surface area contributed by atoms with Gasteiger partial charge in [-0.05, 0) is 69.4 Å². The van der Waals surface area contributed by atoms with E-state index in [0.29, 0.717) is 5.41 Å². The van der Waals surface area contributed by atoms with Gasteiger partial charge >= 0.3 is 0 Å². The van der Waals surface area contributed by atoms with Crippen molar-refractivity contribution in [2.45, 2.75) is 51.7 Å². The lowest BCUT2D eigenvalue weighted by Gasteiger charge is -2.45. The zero-order valence-corrected chi connectivity index (χ0v) is 16.5. The van der Waals surface area contributed by atoms with Gasteiger partial charge in [0.25, 0.3) is 0 Å². The summed E-state index contributed by atoms with van der Waals surface area (Å²) < 4.78 is 6.19. The Kier molecular flexibility index (Phi) is 5.22. The first-order chi connectivity index (χ1) is 12.5. The van der Waals surface area contributed by atoms with Crippen LogP contribution in [0.1, 0.15) is 45.2 Å². The van der Waals surface area contributed by atoms with Crippen LogP contribution in [0.15, 0.2) is 18.3 Å². The molecule has 3 aliphatic heterocycles. The number of nitrogens with zero attached hydrogens (tertiary/aromatic N) is 3. The second-order valence-corrected chi connectivity index (χ2v) is 9.15. The molecule has 144 valence electrons. The summed E-state index contributed by atoms with van der Waals surface area (Å²) in [7, 11) is 0. The Balaban J connectivity index is 1.35. The van der Waals surface area contributed by atoms with Gasteiger partial charge in [-0.1, -0.05) is 13.8 Å². The molecule has 1 spiro atoms. The zero-order valence-electron chi connectivity index (χ0n) is 16.5. The molecular weight excluding hydrogens is 324 g/mol. The number of hydrogen-bond donors (Lipinski definition) is 1. The Labute approximate surface area is 158 Å². The first kappa shape index (κ1) is 18.2. The summed E-state index contributed by atoms with van der Waals surface area (Å²) >= 11 is 0. The van der Waals surface area contributed by atoms with Gasteiger partial charge in [0.15, 0.2) is 0 Å². The second-order valence-electron chi connectivity index (χ2n) is 9.15. The Morgan fingerprint density at radius 3 is 2.54 bits per heavy atom. The third kappa shape index (κ3) is 4.21. The number of ether oxygens (including phenoxy) is 1. The summed E-state index contributed by atoms with van der Waals surface area (Å²) in [6.45, 7) is 13.1.